The van der Waals surface area contributed by atoms with Crippen LogP contribution in [-0.4, -0.2) is 25.9 Å². The van der Waals surface area contributed by atoms with E-state index in [0.717, 1.165) is 16.9 Å². The van der Waals surface area contributed by atoms with Gasteiger partial charge in [-0.3, -0.25) is 0 Å². The summed E-state index contributed by atoms with van der Waals surface area (Å²) in [6.07, 6.45) is 0. The molecule has 110 valence electrons. The Kier molecular flexibility index (Phi) is 3.94. The van der Waals surface area contributed by atoms with Crippen LogP contribution in [0.4, 0.5) is 0 Å². The zero-order valence-electron chi connectivity index (χ0n) is 11.6. The largest absolute Gasteiger partial charge is 0.492 e. The van der Waals surface area contributed by atoms with E-state index < -0.39 is 10.0 Å². The van der Waals surface area contributed by atoms with E-state index in [1.165, 1.54) is 4.31 Å². The number of sulfonamides is 1. The minimum atomic E-state index is -3.35. The summed E-state index contributed by atoms with van der Waals surface area (Å²) in [4.78, 5) is 0. The highest BCUT2D eigenvalue weighted by Gasteiger charge is 2.25. The Balaban J connectivity index is 1.83. The molecule has 1 heterocycles. The Morgan fingerprint density at radius 3 is 2.52 bits per heavy atom. The van der Waals surface area contributed by atoms with Gasteiger partial charge in [-0.25, -0.2) is 8.42 Å². The topological polar surface area (TPSA) is 46.6 Å². The van der Waals surface area contributed by atoms with Crippen molar-refractivity contribution in [1.29, 1.82) is 0 Å². The molecule has 0 bridgehead atoms. The molecule has 2 aromatic carbocycles. The zero-order valence-corrected chi connectivity index (χ0v) is 12.4. The monoisotopic (exact) mass is 303 g/mol. The first kappa shape index (κ1) is 14.1. The predicted molar refractivity (Wildman–Crippen MR) is 81.4 cm³/mol. The van der Waals surface area contributed by atoms with Crippen molar-refractivity contribution in [3.05, 3.63) is 65.7 Å². The van der Waals surface area contributed by atoms with E-state index >= 15 is 0 Å². The number of rotatable bonds is 3. The minimum Gasteiger partial charge on any atom is -0.492 e. The molecule has 0 spiro atoms. The number of fused-ring (bicyclic) bond motifs is 1. The molecule has 21 heavy (non-hydrogen) atoms. The van der Waals surface area contributed by atoms with Crippen LogP contribution in [0.15, 0.2) is 54.6 Å². The van der Waals surface area contributed by atoms with Crippen LogP contribution in [0.5, 0.6) is 5.75 Å². The van der Waals surface area contributed by atoms with Crippen molar-refractivity contribution >= 4 is 10.0 Å². The summed E-state index contributed by atoms with van der Waals surface area (Å²) in [6.45, 7) is 1.13. The van der Waals surface area contributed by atoms with Gasteiger partial charge in [0.05, 0.1) is 5.75 Å². The van der Waals surface area contributed by atoms with E-state index in [0.29, 0.717) is 19.7 Å². The molecular weight excluding hydrogens is 286 g/mol. The molecule has 0 unspecified atom stereocenters. The average Bonchev–Trinajstić information content (AvgIpc) is 2.70. The Morgan fingerprint density at radius 1 is 1.00 bits per heavy atom. The molecule has 0 fully saturated rings. The lowest BCUT2D eigenvalue weighted by molar-refractivity contribution is 0.293. The fraction of sp³-hybridized carbons (Fsp3) is 0.250. The number of hydrogen-bond donors (Lipinski definition) is 0. The fourth-order valence-electron chi connectivity index (χ4n) is 2.42. The van der Waals surface area contributed by atoms with Gasteiger partial charge in [0.2, 0.25) is 10.0 Å². The maximum absolute atomic E-state index is 12.6. The third kappa shape index (κ3) is 3.25. The molecule has 0 aromatic heterocycles. The summed E-state index contributed by atoms with van der Waals surface area (Å²) < 4.78 is 32.3. The minimum absolute atomic E-state index is 0.0238. The summed E-state index contributed by atoms with van der Waals surface area (Å²) >= 11 is 0. The van der Waals surface area contributed by atoms with Crippen molar-refractivity contribution in [2.75, 3.05) is 13.2 Å². The third-order valence-electron chi connectivity index (χ3n) is 3.50. The van der Waals surface area contributed by atoms with E-state index in [9.17, 15) is 8.42 Å². The standard InChI is InChI=1S/C16H17NO3S/c18-21(19,13-14-6-2-1-3-7-14)17-10-11-20-16-9-5-4-8-15(16)12-17/h1-9H,10-13H2. The highest BCUT2D eigenvalue weighted by molar-refractivity contribution is 7.88. The lowest BCUT2D eigenvalue weighted by Crippen LogP contribution is -2.33. The quantitative estimate of drug-likeness (QED) is 0.875. The molecule has 0 N–H and O–H groups in total. The summed E-state index contributed by atoms with van der Waals surface area (Å²) in [6, 6.07) is 16.8. The van der Waals surface area contributed by atoms with Crippen LogP contribution >= 0.6 is 0 Å². The van der Waals surface area contributed by atoms with Gasteiger partial charge >= 0.3 is 0 Å². The van der Waals surface area contributed by atoms with Crippen LogP contribution < -0.4 is 4.74 Å². The molecule has 0 amide bonds. The maximum Gasteiger partial charge on any atom is 0.218 e. The first-order chi connectivity index (χ1) is 10.1. The van der Waals surface area contributed by atoms with Crippen LogP contribution in [0.3, 0.4) is 0 Å². The van der Waals surface area contributed by atoms with Gasteiger partial charge in [-0.15, -0.1) is 0 Å². The molecule has 0 saturated heterocycles. The number of ether oxygens (including phenoxy) is 1. The van der Waals surface area contributed by atoms with Crippen molar-refractivity contribution in [1.82, 2.24) is 4.31 Å². The first-order valence-electron chi connectivity index (χ1n) is 6.87. The van der Waals surface area contributed by atoms with E-state index in [1.54, 1.807) is 0 Å². The lowest BCUT2D eigenvalue weighted by atomic mass is 10.2. The zero-order chi connectivity index (χ0) is 14.7. The molecule has 1 aliphatic heterocycles. The number of hydrogen-bond acceptors (Lipinski definition) is 3. The van der Waals surface area contributed by atoms with Gasteiger partial charge in [0, 0.05) is 18.7 Å². The van der Waals surface area contributed by atoms with Crippen molar-refractivity contribution in [2.45, 2.75) is 12.3 Å². The third-order valence-corrected chi connectivity index (χ3v) is 5.30. The van der Waals surface area contributed by atoms with Crippen molar-refractivity contribution in [3.8, 4) is 5.75 Å². The normalized spacial score (nSPS) is 15.8. The summed E-state index contributed by atoms with van der Waals surface area (Å²) in [7, 11) is -3.35. The van der Waals surface area contributed by atoms with Crippen LogP contribution in [0.2, 0.25) is 0 Å². The van der Waals surface area contributed by atoms with Gasteiger partial charge < -0.3 is 4.74 Å². The van der Waals surface area contributed by atoms with Gasteiger partial charge in [-0.1, -0.05) is 48.5 Å². The molecule has 0 aliphatic carbocycles. The summed E-state index contributed by atoms with van der Waals surface area (Å²) in [5.74, 6) is 0.797. The average molecular weight is 303 g/mol. The van der Waals surface area contributed by atoms with E-state index in [4.69, 9.17) is 4.74 Å². The lowest BCUT2D eigenvalue weighted by Gasteiger charge is -2.19. The Morgan fingerprint density at radius 2 is 1.71 bits per heavy atom. The van der Waals surface area contributed by atoms with Crippen molar-refractivity contribution in [2.24, 2.45) is 0 Å². The Labute approximate surface area is 125 Å². The second-order valence-electron chi connectivity index (χ2n) is 5.03. The van der Waals surface area contributed by atoms with Gasteiger partial charge in [-0.05, 0) is 11.6 Å². The first-order valence-corrected chi connectivity index (χ1v) is 8.48. The Bertz CT molecular complexity index is 713. The highest BCUT2D eigenvalue weighted by atomic mass is 32.2. The number of benzene rings is 2. The molecule has 1 aliphatic rings. The molecule has 5 heteroatoms. The molecule has 4 nitrogen and oxygen atoms in total. The van der Waals surface area contributed by atoms with Gasteiger partial charge in [0.25, 0.3) is 0 Å². The molecule has 2 aromatic rings. The summed E-state index contributed by atoms with van der Waals surface area (Å²) in [5.41, 5.74) is 1.71. The van der Waals surface area contributed by atoms with Gasteiger partial charge in [0.1, 0.15) is 12.4 Å². The van der Waals surface area contributed by atoms with Crippen LogP contribution in [0, 0.1) is 0 Å². The molecule has 0 radical (unpaired) electrons. The van der Waals surface area contributed by atoms with Crippen LogP contribution in [-0.2, 0) is 22.3 Å². The number of para-hydroxylation sites is 1. The molecule has 3 rings (SSSR count). The van der Waals surface area contributed by atoms with Gasteiger partial charge in [-0.2, -0.15) is 4.31 Å². The van der Waals surface area contributed by atoms with Gasteiger partial charge in [0.15, 0.2) is 0 Å². The van der Waals surface area contributed by atoms with E-state index in [1.807, 2.05) is 54.6 Å². The highest BCUT2D eigenvalue weighted by Crippen LogP contribution is 2.24. The SMILES string of the molecule is O=S(=O)(Cc1ccccc1)N1CCOc2ccccc2C1. The predicted octanol–water partition coefficient (Wildman–Crippen LogP) is 2.41. The smallest absolute Gasteiger partial charge is 0.218 e. The Hall–Kier alpha value is -1.85. The maximum atomic E-state index is 12.6. The molecule has 0 saturated carbocycles. The fourth-order valence-corrected chi connectivity index (χ4v) is 3.90. The second-order valence-corrected chi connectivity index (χ2v) is 7.00. The van der Waals surface area contributed by atoms with Crippen LogP contribution in [0.1, 0.15) is 11.1 Å². The second kappa shape index (κ2) is 5.87. The van der Waals surface area contributed by atoms with Crippen molar-refractivity contribution < 1.29 is 13.2 Å². The molecular formula is C16H17NO3S. The number of nitrogens with zero attached hydrogens (tertiary/aromatic N) is 1. The molecule has 0 atom stereocenters. The summed E-state index contributed by atoms with van der Waals surface area (Å²) in [5, 5.41) is 0. The van der Waals surface area contributed by atoms with E-state index in [2.05, 4.69) is 0 Å². The van der Waals surface area contributed by atoms with Crippen molar-refractivity contribution in [3.63, 3.8) is 0 Å². The van der Waals surface area contributed by atoms with Crippen LogP contribution in [0.25, 0.3) is 0 Å². The van der Waals surface area contributed by atoms with E-state index in [-0.39, 0.29) is 5.75 Å².